The van der Waals surface area contributed by atoms with E-state index in [1.807, 2.05) is 48.5 Å². The fourth-order valence-corrected chi connectivity index (χ4v) is 3.90. The van der Waals surface area contributed by atoms with Crippen molar-refractivity contribution in [2.45, 2.75) is 19.5 Å². The smallest absolute Gasteiger partial charge is 0.271 e. The molecule has 0 atom stereocenters. The Morgan fingerprint density at radius 1 is 1.00 bits per heavy atom. The van der Waals surface area contributed by atoms with Crippen LogP contribution in [0.5, 0.6) is 0 Å². The van der Waals surface area contributed by atoms with E-state index in [2.05, 4.69) is 55.6 Å². The lowest BCUT2D eigenvalue weighted by Gasteiger charge is -2.28. The highest BCUT2D eigenvalue weighted by atomic mass is 79.9. The van der Waals surface area contributed by atoms with Crippen molar-refractivity contribution in [1.29, 1.82) is 0 Å². The molecule has 4 nitrogen and oxygen atoms in total. The largest absolute Gasteiger partial charge is 0.294 e. The van der Waals surface area contributed by atoms with Gasteiger partial charge >= 0.3 is 0 Å². The van der Waals surface area contributed by atoms with Crippen LogP contribution in [-0.4, -0.2) is 23.6 Å². The molecule has 3 aromatic rings. The molecule has 0 aliphatic carbocycles. The molecule has 0 spiro atoms. The lowest BCUT2D eigenvalue weighted by molar-refractivity contribution is 0.0955. The average Bonchev–Trinajstić information content (AvgIpc) is 2.75. The summed E-state index contributed by atoms with van der Waals surface area (Å²) in [5.74, 6) is -0.216. The van der Waals surface area contributed by atoms with Gasteiger partial charge in [0.2, 0.25) is 0 Å². The van der Waals surface area contributed by atoms with E-state index in [1.165, 1.54) is 16.7 Å². The number of fused-ring (bicyclic) bond motifs is 1. The zero-order valence-corrected chi connectivity index (χ0v) is 17.6. The first-order chi connectivity index (χ1) is 14.2. The van der Waals surface area contributed by atoms with Gasteiger partial charge in [-0.1, -0.05) is 70.5 Å². The highest BCUT2D eigenvalue weighted by Gasteiger charge is 2.15. The summed E-state index contributed by atoms with van der Waals surface area (Å²) in [5.41, 5.74) is 8.17. The average molecular weight is 448 g/mol. The lowest BCUT2D eigenvalue weighted by Crippen LogP contribution is -2.30. The molecule has 0 saturated heterocycles. The molecule has 0 fully saturated rings. The normalized spacial score (nSPS) is 14.0. The summed E-state index contributed by atoms with van der Waals surface area (Å²) in [6.07, 6.45) is 2.72. The zero-order chi connectivity index (χ0) is 20.1. The highest BCUT2D eigenvalue weighted by Crippen LogP contribution is 2.20. The number of hydrogen-bond donors (Lipinski definition) is 1. The van der Waals surface area contributed by atoms with E-state index in [4.69, 9.17) is 0 Å². The molecule has 1 aliphatic rings. The number of carbonyl (C=O) groups excluding carboxylic acids is 1. The molecule has 4 rings (SSSR count). The molecular formula is C24H22BrN3O. The minimum absolute atomic E-state index is 0.216. The molecule has 1 amide bonds. The molecule has 0 aromatic heterocycles. The van der Waals surface area contributed by atoms with Crippen molar-refractivity contribution in [2.24, 2.45) is 5.10 Å². The Morgan fingerprint density at radius 2 is 1.72 bits per heavy atom. The predicted octanol–water partition coefficient (Wildman–Crippen LogP) is 4.77. The van der Waals surface area contributed by atoms with Gasteiger partial charge in [-0.2, -0.15) is 5.10 Å². The molecule has 3 aromatic carbocycles. The van der Waals surface area contributed by atoms with E-state index >= 15 is 0 Å². The Balaban J connectivity index is 1.33. The number of amides is 1. The monoisotopic (exact) mass is 447 g/mol. The second kappa shape index (κ2) is 9.16. The zero-order valence-electron chi connectivity index (χ0n) is 16.0. The van der Waals surface area contributed by atoms with Crippen molar-refractivity contribution in [2.75, 3.05) is 6.54 Å². The number of benzene rings is 3. The molecule has 1 aliphatic heterocycles. The summed E-state index contributed by atoms with van der Waals surface area (Å²) >= 11 is 3.46. The van der Waals surface area contributed by atoms with Crippen molar-refractivity contribution in [3.8, 4) is 0 Å². The van der Waals surface area contributed by atoms with E-state index in [1.54, 1.807) is 6.21 Å². The van der Waals surface area contributed by atoms with E-state index in [0.29, 0.717) is 5.56 Å². The number of hydrazone groups is 1. The molecule has 0 unspecified atom stereocenters. The Labute approximate surface area is 179 Å². The Hall–Kier alpha value is -2.76. The SMILES string of the molecule is O=C(NN=Cc1ccccc1Br)c1ccc(CN2CCc3ccccc3C2)cc1. The second-order valence-electron chi connectivity index (χ2n) is 7.15. The fraction of sp³-hybridized carbons (Fsp3) is 0.167. The van der Waals surface area contributed by atoms with Gasteiger partial charge in [-0.15, -0.1) is 0 Å². The van der Waals surface area contributed by atoms with E-state index in [0.717, 1.165) is 36.1 Å². The minimum Gasteiger partial charge on any atom is -0.294 e. The van der Waals surface area contributed by atoms with Gasteiger partial charge in [0.05, 0.1) is 6.21 Å². The van der Waals surface area contributed by atoms with Gasteiger partial charge < -0.3 is 0 Å². The van der Waals surface area contributed by atoms with Crippen molar-refractivity contribution in [3.63, 3.8) is 0 Å². The van der Waals surface area contributed by atoms with E-state index in [-0.39, 0.29) is 5.91 Å². The third kappa shape index (κ3) is 5.00. The summed E-state index contributed by atoms with van der Waals surface area (Å²) in [7, 11) is 0. The van der Waals surface area contributed by atoms with Crippen LogP contribution in [0.4, 0.5) is 0 Å². The Bertz CT molecular complexity index is 1030. The first-order valence-corrected chi connectivity index (χ1v) is 10.4. The van der Waals surface area contributed by atoms with Crippen LogP contribution in [-0.2, 0) is 19.5 Å². The molecule has 5 heteroatoms. The number of hydrogen-bond acceptors (Lipinski definition) is 3. The maximum absolute atomic E-state index is 12.3. The summed E-state index contributed by atoms with van der Waals surface area (Å²) in [4.78, 5) is 14.8. The standard InChI is InChI=1S/C24H22BrN3O/c25-23-8-4-3-6-21(23)15-26-27-24(29)20-11-9-18(10-12-20)16-28-14-13-19-5-1-2-7-22(19)17-28/h1-12,15H,13-14,16-17H2,(H,27,29). The summed E-state index contributed by atoms with van der Waals surface area (Å²) < 4.78 is 0.933. The van der Waals surface area contributed by atoms with Gasteiger partial charge in [0, 0.05) is 35.2 Å². The van der Waals surface area contributed by atoms with Crippen LogP contribution in [0.2, 0.25) is 0 Å². The van der Waals surface area contributed by atoms with Crippen LogP contribution in [0.25, 0.3) is 0 Å². The molecule has 0 bridgehead atoms. The van der Waals surface area contributed by atoms with Crippen molar-refractivity contribution in [3.05, 3.63) is 105 Å². The van der Waals surface area contributed by atoms with Crippen molar-refractivity contribution < 1.29 is 4.79 Å². The number of nitrogens with zero attached hydrogens (tertiary/aromatic N) is 2. The van der Waals surface area contributed by atoms with Gasteiger partial charge in [0.15, 0.2) is 0 Å². The van der Waals surface area contributed by atoms with Gasteiger partial charge in [0.1, 0.15) is 0 Å². The van der Waals surface area contributed by atoms with E-state index in [9.17, 15) is 4.79 Å². The first-order valence-electron chi connectivity index (χ1n) is 9.65. The lowest BCUT2D eigenvalue weighted by atomic mass is 9.99. The molecule has 1 N–H and O–H groups in total. The quantitative estimate of drug-likeness (QED) is 0.452. The third-order valence-electron chi connectivity index (χ3n) is 5.11. The molecule has 146 valence electrons. The van der Waals surface area contributed by atoms with Gasteiger partial charge in [-0.25, -0.2) is 5.43 Å². The molecule has 0 saturated carbocycles. The molecule has 29 heavy (non-hydrogen) atoms. The predicted molar refractivity (Wildman–Crippen MR) is 120 cm³/mol. The fourth-order valence-electron chi connectivity index (χ4n) is 3.51. The summed E-state index contributed by atoms with van der Waals surface area (Å²) in [6.45, 7) is 2.92. The van der Waals surface area contributed by atoms with Crippen molar-refractivity contribution in [1.82, 2.24) is 10.3 Å². The van der Waals surface area contributed by atoms with Gasteiger partial charge in [-0.3, -0.25) is 9.69 Å². The third-order valence-corrected chi connectivity index (χ3v) is 5.83. The van der Waals surface area contributed by atoms with Gasteiger partial charge in [0.25, 0.3) is 5.91 Å². The van der Waals surface area contributed by atoms with Crippen LogP contribution in [0, 0.1) is 0 Å². The minimum atomic E-state index is -0.216. The molecular weight excluding hydrogens is 426 g/mol. The maximum Gasteiger partial charge on any atom is 0.271 e. The molecule has 1 heterocycles. The number of halogens is 1. The first kappa shape index (κ1) is 19.6. The number of rotatable bonds is 5. The maximum atomic E-state index is 12.3. The van der Waals surface area contributed by atoms with Crippen LogP contribution >= 0.6 is 15.9 Å². The topological polar surface area (TPSA) is 44.7 Å². The van der Waals surface area contributed by atoms with Crippen LogP contribution in [0.15, 0.2) is 82.4 Å². The molecule has 0 radical (unpaired) electrons. The van der Waals surface area contributed by atoms with Crippen molar-refractivity contribution >= 4 is 28.1 Å². The van der Waals surface area contributed by atoms with Crippen LogP contribution in [0.1, 0.15) is 32.6 Å². The second-order valence-corrected chi connectivity index (χ2v) is 8.00. The Kier molecular flexibility index (Phi) is 6.17. The number of carbonyl (C=O) groups is 1. The van der Waals surface area contributed by atoms with Crippen LogP contribution < -0.4 is 5.43 Å². The van der Waals surface area contributed by atoms with Crippen LogP contribution in [0.3, 0.4) is 0 Å². The van der Waals surface area contributed by atoms with Gasteiger partial charge in [-0.05, 0) is 41.3 Å². The summed E-state index contributed by atoms with van der Waals surface area (Å²) in [6, 6.07) is 24.1. The van der Waals surface area contributed by atoms with E-state index < -0.39 is 0 Å². The Morgan fingerprint density at radius 3 is 2.52 bits per heavy atom. The summed E-state index contributed by atoms with van der Waals surface area (Å²) in [5, 5.41) is 4.05. The highest BCUT2D eigenvalue weighted by molar-refractivity contribution is 9.10. The number of nitrogens with one attached hydrogen (secondary N) is 1.